The Bertz CT molecular complexity index is 882. The van der Waals surface area contributed by atoms with Crippen LogP contribution >= 0.6 is 11.3 Å². The number of thiophene rings is 1. The van der Waals surface area contributed by atoms with E-state index < -0.39 is 0 Å². The molecule has 35 heavy (non-hydrogen) atoms. The highest BCUT2D eigenvalue weighted by atomic mass is 32.1. The van der Waals surface area contributed by atoms with Crippen LogP contribution in [0, 0.1) is 5.82 Å². The Morgan fingerprint density at radius 3 is 2.37 bits per heavy atom. The fraction of sp³-hybridized carbons (Fsp3) is 0.571. The highest BCUT2D eigenvalue weighted by molar-refractivity contribution is 7.09. The van der Waals surface area contributed by atoms with Gasteiger partial charge in [-0.2, -0.15) is 0 Å². The quantitative estimate of drug-likeness (QED) is 0.294. The lowest BCUT2D eigenvalue weighted by Gasteiger charge is -2.29. The van der Waals surface area contributed by atoms with Gasteiger partial charge in [-0.05, 0) is 61.5 Å². The van der Waals surface area contributed by atoms with Crippen LogP contribution in [0.25, 0.3) is 0 Å². The van der Waals surface area contributed by atoms with Gasteiger partial charge in [-0.1, -0.05) is 50.8 Å². The van der Waals surface area contributed by atoms with E-state index in [9.17, 15) is 14.0 Å². The van der Waals surface area contributed by atoms with Crippen molar-refractivity contribution in [3.63, 3.8) is 0 Å². The van der Waals surface area contributed by atoms with Gasteiger partial charge in [0, 0.05) is 30.9 Å². The minimum absolute atomic E-state index is 0.0662. The smallest absolute Gasteiger partial charge is 0.242 e. The van der Waals surface area contributed by atoms with Crippen LogP contribution in [0.4, 0.5) is 4.39 Å². The molecule has 2 aromatic rings. The predicted molar refractivity (Wildman–Crippen MR) is 141 cm³/mol. The molecule has 192 valence electrons. The maximum Gasteiger partial charge on any atom is 0.242 e. The minimum atomic E-state index is -0.289. The van der Waals surface area contributed by atoms with E-state index in [1.165, 1.54) is 37.8 Å². The second-order valence-corrected chi connectivity index (χ2v) is 10.5. The lowest BCUT2D eigenvalue weighted by atomic mass is 10.1. The van der Waals surface area contributed by atoms with Crippen LogP contribution < -0.4 is 0 Å². The van der Waals surface area contributed by atoms with E-state index in [2.05, 4.69) is 11.8 Å². The van der Waals surface area contributed by atoms with Crippen molar-refractivity contribution in [2.75, 3.05) is 32.7 Å². The molecule has 0 N–H and O–H groups in total. The zero-order valence-electron chi connectivity index (χ0n) is 21.1. The number of rotatable bonds is 15. The van der Waals surface area contributed by atoms with Gasteiger partial charge in [-0.3, -0.25) is 9.59 Å². The summed E-state index contributed by atoms with van der Waals surface area (Å²) >= 11 is 1.61. The third-order valence-corrected chi connectivity index (χ3v) is 7.49. The van der Waals surface area contributed by atoms with Crippen LogP contribution in [-0.2, 0) is 22.7 Å². The van der Waals surface area contributed by atoms with Gasteiger partial charge < -0.3 is 14.7 Å². The highest BCUT2D eigenvalue weighted by Gasteiger charge is 2.23. The predicted octanol–water partition coefficient (Wildman–Crippen LogP) is 5.70. The summed E-state index contributed by atoms with van der Waals surface area (Å²) in [5.74, 6) is -0.280. The summed E-state index contributed by atoms with van der Waals surface area (Å²) in [6, 6.07) is 10.3. The molecule has 1 aromatic carbocycles. The van der Waals surface area contributed by atoms with Gasteiger partial charge >= 0.3 is 0 Å². The van der Waals surface area contributed by atoms with Crippen molar-refractivity contribution in [2.45, 2.75) is 71.4 Å². The molecule has 1 fully saturated rings. The maximum absolute atomic E-state index is 13.5. The number of amides is 2. The molecule has 0 atom stereocenters. The van der Waals surface area contributed by atoms with Gasteiger partial charge in [-0.15, -0.1) is 11.3 Å². The van der Waals surface area contributed by atoms with Gasteiger partial charge in [-0.25, -0.2) is 4.39 Å². The first-order chi connectivity index (χ1) is 17.0. The second kappa shape index (κ2) is 15.0. The molecule has 0 saturated carbocycles. The number of nitrogens with zero attached hydrogens (tertiary/aromatic N) is 3. The Balaban J connectivity index is 1.65. The number of likely N-dealkylation sites (tertiary alicyclic amines) is 1. The summed E-state index contributed by atoms with van der Waals surface area (Å²) in [5, 5.41) is 2.00. The molecule has 1 aliphatic heterocycles. The third-order valence-electron chi connectivity index (χ3n) is 6.62. The summed E-state index contributed by atoms with van der Waals surface area (Å²) < 4.78 is 13.4. The minimum Gasteiger partial charge on any atom is -0.332 e. The molecule has 0 spiro atoms. The SMILES string of the molecule is CCCCCCCC(=O)N(CCN1CCCC1)CC(=O)N(Cc1ccc(F)cc1)Cc1cccs1. The van der Waals surface area contributed by atoms with E-state index in [1.807, 2.05) is 17.5 Å². The summed E-state index contributed by atoms with van der Waals surface area (Å²) in [4.78, 5) is 33.7. The average molecular weight is 502 g/mol. The number of unbranched alkanes of at least 4 members (excludes halogenated alkanes) is 4. The van der Waals surface area contributed by atoms with Crippen molar-refractivity contribution in [1.82, 2.24) is 14.7 Å². The van der Waals surface area contributed by atoms with Crippen molar-refractivity contribution in [1.29, 1.82) is 0 Å². The Labute approximate surface area is 213 Å². The Morgan fingerprint density at radius 2 is 1.69 bits per heavy atom. The normalized spacial score (nSPS) is 13.8. The molecule has 0 aliphatic carbocycles. The lowest BCUT2D eigenvalue weighted by molar-refractivity contribution is -0.141. The molecule has 2 amide bonds. The van der Waals surface area contributed by atoms with Gasteiger partial charge in [0.2, 0.25) is 11.8 Å². The van der Waals surface area contributed by atoms with E-state index in [-0.39, 0.29) is 24.2 Å². The first-order valence-electron chi connectivity index (χ1n) is 13.1. The number of benzene rings is 1. The number of hydrogen-bond acceptors (Lipinski definition) is 4. The topological polar surface area (TPSA) is 43.9 Å². The zero-order valence-corrected chi connectivity index (χ0v) is 21.9. The number of carbonyl (C=O) groups is 2. The summed E-state index contributed by atoms with van der Waals surface area (Å²) in [6.45, 7) is 6.70. The van der Waals surface area contributed by atoms with E-state index in [4.69, 9.17) is 0 Å². The van der Waals surface area contributed by atoms with E-state index >= 15 is 0 Å². The van der Waals surface area contributed by atoms with E-state index in [0.717, 1.165) is 49.3 Å². The highest BCUT2D eigenvalue weighted by Crippen LogP contribution is 2.16. The Hall–Kier alpha value is -2.25. The largest absolute Gasteiger partial charge is 0.332 e. The van der Waals surface area contributed by atoms with E-state index in [1.54, 1.807) is 33.3 Å². The number of halogens is 1. The van der Waals surface area contributed by atoms with Gasteiger partial charge in [0.1, 0.15) is 5.82 Å². The van der Waals surface area contributed by atoms with Crippen LogP contribution in [-0.4, -0.2) is 59.2 Å². The molecular formula is C28H40FN3O2S. The van der Waals surface area contributed by atoms with Crippen molar-refractivity contribution in [3.8, 4) is 0 Å². The first kappa shape index (κ1) is 27.3. The average Bonchev–Trinajstić information content (AvgIpc) is 3.57. The van der Waals surface area contributed by atoms with E-state index in [0.29, 0.717) is 26.1 Å². The first-order valence-corrected chi connectivity index (χ1v) is 14.0. The zero-order chi connectivity index (χ0) is 24.9. The molecule has 3 rings (SSSR count). The molecular weight excluding hydrogens is 461 g/mol. The van der Waals surface area contributed by atoms with Crippen LogP contribution in [0.1, 0.15) is 68.7 Å². The molecule has 0 bridgehead atoms. The number of hydrogen-bond donors (Lipinski definition) is 0. The van der Waals surface area contributed by atoms with Crippen molar-refractivity contribution < 1.29 is 14.0 Å². The summed E-state index contributed by atoms with van der Waals surface area (Å²) in [5.41, 5.74) is 0.877. The van der Waals surface area contributed by atoms with Gasteiger partial charge in [0.05, 0.1) is 13.1 Å². The van der Waals surface area contributed by atoms with Crippen molar-refractivity contribution >= 4 is 23.2 Å². The summed E-state index contributed by atoms with van der Waals surface area (Å²) in [7, 11) is 0. The van der Waals surface area contributed by atoms with Gasteiger partial charge in [0.15, 0.2) is 0 Å². The molecule has 1 saturated heterocycles. The maximum atomic E-state index is 13.5. The van der Waals surface area contributed by atoms with Crippen LogP contribution in [0.15, 0.2) is 41.8 Å². The Kier molecular flexibility index (Phi) is 11.7. The third kappa shape index (κ3) is 9.73. The Morgan fingerprint density at radius 1 is 0.943 bits per heavy atom. The monoisotopic (exact) mass is 501 g/mol. The molecule has 1 aliphatic rings. The molecule has 0 radical (unpaired) electrons. The van der Waals surface area contributed by atoms with Gasteiger partial charge in [0.25, 0.3) is 0 Å². The molecule has 0 unspecified atom stereocenters. The second-order valence-electron chi connectivity index (χ2n) is 9.48. The molecule has 5 nitrogen and oxygen atoms in total. The molecule has 1 aromatic heterocycles. The van der Waals surface area contributed by atoms with Crippen LogP contribution in [0.2, 0.25) is 0 Å². The summed E-state index contributed by atoms with van der Waals surface area (Å²) in [6.07, 6.45) is 8.38. The van der Waals surface area contributed by atoms with Crippen molar-refractivity contribution in [3.05, 3.63) is 58.0 Å². The van der Waals surface area contributed by atoms with Crippen molar-refractivity contribution in [2.24, 2.45) is 0 Å². The fourth-order valence-corrected chi connectivity index (χ4v) is 5.21. The molecule has 7 heteroatoms. The standard InChI is InChI=1S/C28H40FN3O2S/c1-2-3-4-5-6-11-27(33)31(19-18-30-16-7-8-17-30)23-28(34)32(22-26-10-9-20-35-26)21-24-12-14-25(29)15-13-24/h9-10,12-15,20H,2-8,11,16-19,21-23H2,1H3. The lowest BCUT2D eigenvalue weighted by Crippen LogP contribution is -2.45. The molecule has 2 heterocycles. The fourth-order valence-electron chi connectivity index (χ4n) is 4.49. The van der Waals surface area contributed by atoms with Crippen LogP contribution in [0.5, 0.6) is 0 Å². The van der Waals surface area contributed by atoms with Crippen LogP contribution in [0.3, 0.4) is 0 Å². The number of carbonyl (C=O) groups excluding carboxylic acids is 2.